The van der Waals surface area contributed by atoms with Crippen LogP contribution in [-0.2, 0) is 9.47 Å². The van der Waals surface area contributed by atoms with Gasteiger partial charge in [-0.3, -0.25) is 15.0 Å². The van der Waals surface area contributed by atoms with Crippen molar-refractivity contribution < 1.29 is 14.4 Å². The molecule has 1 rings (SSSR count). The van der Waals surface area contributed by atoms with Crippen molar-refractivity contribution in [3.63, 3.8) is 0 Å². The molecule has 0 saturated heterocycles. The lowest BCUT2D eigenvalue weighted by atomic mass is 10.2. The van der Waals surface area contributed by atoms with Crippen LogP contribution in [0.3, 0.4) is 0 Å². The Kier molecular flexibility index (Phi) is 12.3. The normalized spacial score (nSPS) is 13.9. The number of nitrogens with zero attached hydrogens (tertiary/aromatic N) is 2. The summed E-state index contributed by atoms with van der Waals surface area (Å²) in [6.07, 6.45) is 7.59. The minimum Gasteiger partial charge on any atom is -0.383 e. The van der Waals surface area contributed by atoms with Crippen LogP contribution in [0.1, 0.15) is 20.3 Å². The largest absolute Gasteiger partial charge is 0.383 e. The fourth-order valence-electron chi connectivity index (χ4n) is 1.88. The zero-order chi connectivity index (χ0) is 16.8. The van der Waals surface area contributed by atoms with E-state index in [1.165, 1.54) is 0 Å². The molecule has 0 radical (unpaired) electrons. The molecule has 6 heteroatoms. The van der Waals surface area contributed by atoms with Crippen molar-refractivity contribution in [1.29, 1.82) is 0 Å². The summed E-state index contributed by atoms with van der Waals surface area (Å²) in [6.45, 7) is 7.65. The van der Waals surface area contributed by atoms with E-state index in [0.29, 0.717) is 19.6 Å². The molecule has 0 aromatic carbocycles. The third kappa shape index (κ3) is 8.71. The molecule has 0 N–H and O–H groups in total. The topological polar surface area (TPSA) is 64.8 Å². The van der Waals surface area contributed by atoms with E-state index < -0.39 is 0 Å². The molecule has 22 heavy (non-hydrogen) atoms. The molecule has 0 saturated carbocycles. The Morgan fingerprint density at radius 3 is 2.23 bits per heavy atom. The van der Waals surface area contributed by atoms with Crippen LogP contribution in [0.2, 0.25) is 0 Å². The molecule has 0 aliphatic heterocycles. The van der Waals surface area contributed by atoms with E-state index in [1.54, 1.807) is 26.4 Å². The number of ether oxygens (including phenoxy) is 2. The summed E-state index contributed by atoms with van der Waals surface area (Å²) in [6, 6.07) is 0. The molecule has 0 atom stereocenters. The minimum absolute atomic E-state index is 0.150. The zero-order valence-electron chi connectivity index (χ0n) is 14.1. The Morgan fingerprint density at radius 2 is 1.73 bits per heavy atom. The summed E-state index contributed by atoms with van der Waals surface area (Å²) in [7, 11) is 3.35. The Morgan fingerprint density at radius 1 is 1.14 bits per heavy atom. The average molecular weight is 312 g/mol. The first-order valence-corrected chi connectivity index (χ1v) is 7.59. The van der Waals surface area contributed by atoms with Crippen LogP contribution in [0.4, 0.5) is 0 Å². The Hall–Kier alpha value is -1.50. The van der Waals surface area contributed by atoms with E-state index in [2.05, 4.69) is 4.90 Å². The summed E-state index contributed by atoms with van der Waals surface area (Å²) in [5.41, 5.74) is 1.22. The maximum Gasteiger partial charge on any atom is 0.265 e. The summed E-state index contributed by atoms with van der Waals surface area (Å²) in [4.78, 5) is 12.6. The van der Waals surface area contributed by atoms with Crippen LogP contribution >= 0.6 is 0 Å². The molecule has 0 amide bonds. The van der Waals surface area contributed by atoms with E-state index in [-0.39, 0.29) is 10.6 Å². The number of methoxy groups -OCH3 is 2. The van der Waals surface area contributed by atoms with Gasteiger partial charge in [-0.2, -0.15) is 0 Å². The first-order valence-electron chi connectivity index (χ1n) is 7.59. The molecule has 0 fully saturated rings. The van der Waals surface area contributed by atoms with Gasteiger partial charge in [0, 0.05) is 39.9 Å². The highest BCUT2D eigenvalue weighted by molar-refractivity contribution is 5.30. The lowest BCUT2D eigenvalue weighted by molar-refractivity contribution is -0.419. The molecule has 0 heterocycles. The summed E-state index contributed by atoms with van der Waals surface area (Å²) in [5, 5.41) is 10.7. The lowest BCUT2D eigenvalue weighted by Gasteiger charge is -2.22. The predicted octanol–water partition coefficient (Wildman–Crippen LogP) is 2.65. The van der Waals surface area contributed by atoms with Crippen molar-refractivity contribution >= 4 is 0 Å². The second kappa shape index (κ2) is 13.2. The first kappa shape index (κ1) is 20.5. The first-order chi connectivity index (χ1) is 10.7. The molecule has 0 unspecified atom stereocenters. The second-order valence-corrected chi connectivity index (χ2v) is 4.50. The lowest BCUT2D eigenvalue weighted by Crippen LogP contribution is -2.32. The maximum atomic E-state index is 10.7. The van der Waals surface area contributed by atoms with Gasteiger partial charge in [0.05, 0.1) is 18.1 Å². The third-order valence-electron chi connectivity index (χ3n) is 3.02. The average Bonchev–Trinajstić information content (AvgIpc) is 2.77. The van der Waals surface area contributed by atoms with Crippen LogP contribution in [0, 0.1) is 10.1 Å². The monoisotopic (exact) mass is 312 g/mol. The fourth-order valence-corrected chi connectivity index (χ4v) is 1.88. The quantitative estimate of drug-likeness (QED) is 0.484. The van der Waals surface area contributed by atoms with Crippen molar-refractivity contribution in [2.24, 2.45) is 0 Å². The van der Waals surface area contributed by atoms with Gasteiger partial charge in [0.1, 0.15) is 0 Å². The number of allylic oxidation sites excluding steroid dienone is 3. The Bertz CT molecular complexity index is 395. The summed E-state index contributed by atoms with van der Waals surface area (Å²) in [5.74, 6) is 0. The van der Waals surface area contributed by atoms with E-state index in [0.717, 1.165) is 25.2 Å². The van der Waals surface area contributed by atoms with Gasteiger partial charge in [0.15, 0.2) is 0 Å². The SMILES string of the molecule is CC.COCCN(CCOC)CC1=CCC=C([N+](=O)[O-])C=C1. The Labute approximate surface area is 133 Å². The van der Waals surface area contributed by atoms with Crippen molar-refractivity contribution in [3.8, 4) is 0 Å². The van der Waals surface area contributed by atoms with Gasteiger partial charge in [-0.05, 0) is 18.1 Å². The molecule has 0 aromatic rings. The highest BCUT2D eigenvalue weighted by Gasteiger charge is 2.11. The molecule has 1 aliphatic rings. The third-order valence-corrected chi connectivity index (χ3v) is 3.02. The molecule has 0 aromatic heterocycles. The molecule has 0 spiro atoms. The number of hydrogen-bond acceptors (Lipinski definition) is 5. The van der Waals surface area contributed by atoms with Gasteiger partial charge in [-0.25, -0.2) is 0 Å². The van der Waals surface area contributed by atoms with Crippen molar-refractivity contribution in [2.45, 2.75) is 20.3 Å². The number of nitro groups is 1. The van der Waals surface area contributed by atoms with Crippen molar-refractivity contribution in [2.75, 3.05) is 47.1 Å². The number of rotatable bonds is 9. The zero-order valence-corrected chi connectivity index (χ0v) is 14.1. The van der Waals surface area contributed by atoms with Crippen LogP contribution in [0.15, 0.2) is 35.6 Å². The number of hydrogen-bond donors (Lipinski definition) is 0. The molecule has 126 valence electrons. The van der Waals surface area contributed by atoms with Gasteiger partial charge >= 0.3 is 0 Å². The smallest absolute Gasteiger partial charge is 0.265 e. The van der Waals surface area contributed by atoms with Gasteiger partial charge in [0.25, 0.3) is 5.70 Å². The standard InChI is InChI=1S/C14H22N2O4.C2H6/c1-19-10-8-15(9-11-20-2)12-13-4-3-5-14(7-6-13)16(17)18;1-2/h4-7H,3,8-12H2,1-2H3;1-2H3. The van der Waals surface area contributed by atoms with Gasteiger partial charge in [-0.1, -0.05) is 26.0 Å². The molecule has 6 nitrogen and oxygen atoms in total. The van der Waals surface area contributed by atoms with E-state index >= 15 is 0 Å². The Balaban J connectivity index is 0.00000211. The van der Waals surface area contributed by atoms with Crippen LogP contribution in [0.5, 0.6) is 0 Å². The van der Waals surface area contributed by atoms with Crippen molar-refractivity contribution in [1.82, 2.24) is 4.90 Å². The van der Waals surface area contributed by atoms with Crippen molar-refractivity contribution in [3.05, 3.63) is 45.7 Å². The molecule has 1 aliphatic carbocycles. The molecular weight excluding hydrogens is 284 g/mol. The van der Waals surface area contributed by atoms with Gasteiger partial charge in [0.2, 0.25) is 0 Å². The van der Waals surface area contributed by atoms with E-state index in [9.17, 15) is 10.1 Å². The van der Waals surface area contributed by atoms with E-state index in [1.807, 2.05) is 26.0 Å². The molecular formula is C16H28N2O4. The van der Waals surface area contributed by atoms with E-state index in [4.69, 9.17) is 9.47 Å². The van der Waals surface area contributed by atoms with Crippen LogP contribution in [-0.4, -0.2) is 56.9 Å². The van der Waals surface area contributed by atoms with Gasteiger partial charge in [-0.15, -0.1) is 0 Å². The fraction of sp³-hybridized carbons (Fsp3) is 0.625. The predicted molar refractivity (Wildman–Crippen MR) is 88.5 cm³/mol. The minimum atomic E-state index is -0.360. The second-order valence-electron chi connectivity index (χ2n) is 4.50. The summed E-state index contributed by atoms with van der Waals surface area (Å²) >= 11 is 0. The highest BCUT2D eigenvalue weighted by atomic mass is 16.6. The molecule has 0 bridgehead atoms. The maximum absolute atomic E-state index is 10.7. The highest BCUT2D eigenvalue weighted by Crippen LogP contribution is 2.12. The van der Waals surface area contributed by atoms with Crippen LogP contribution in [0.25, 0.3) is 0 Å². The van der Waals surface area contributed by atoms with Gasteiger partial charge < -0.3 is 9.47 Å². The van der Waals surface area contributed by atoms with Crippen LogP contribution < -0.4 is 0 Å². The summed E-state index contributed by atoms with van der Waals surface area (Å²) < 4.78 is 10.2.